The number of ether oxygens (including phenoxy) is 1. The summed E-state index contributed by atoms with van der Waals surface area (Å²) < 4.78 is 5.06. The zero-order valence-electron chi connectivity index (χ0n) is 14.0. The van der Waals surface area contributed by atoms with Gasteiger partial charge in [-0.15, -0.1) is 0 Å². The first-order valence-electron chi connectivity index (χ1n) is 8.01. The number of carbonyl (C=O) groups excluding carboxylic acids is 4. The minimum absolute atomic E-state index is 0.132. The number of imide groups is 2. The first-order chi connectivity index (χ1) is 11.9. The highest BCUT2D eigenvalue weighted by Crippen LogP contribution is 2.30. The summed E-state index contributed by atoms with van der Waals surface area (Å²) >= 11 is 0. The van der Waals surface area contributed by atoms with E-state index in [-0.39, 0.29) is 38.4 Å². The monoisotopic (exact) mass is 347 g/mol. The average molecular weight is 347 g/mol. The Morgan fingerprint density at radius 2 is 1.64 bits per heavy atom. The second kappa shape index (κ2) is 7.89. The summed E-state index contributed by atoms with van der Waals surface area (Å²) in [4.78, 5) is 47.0. The highest BCUT2D eigenvalue weighted by molar-refractivity contribution is 6.19. The van der Waals surface area contributed by atoms with Crippen molar-refractivity contribution in [3.63, 3.8) is 0 Å². The van der Waals surface area contributed by atoms with Gasteiger partial charge in [-0.05, 0) is 24.0 Å². The molecule has 0 unspecified atom stereocenters. The van der Waals surface area contributed by atoms with E-state index < -0.39 is 23.3 Å². The molecular weight excluding hydrogens is 326 g/mol. The van der Waals surface area contributed by atoms with Crippen molar-refractivity contribution in [2.75, 3.05) is 6.54 Å². The zero-order chi connectivity index (χ0) is 18.4. The van der Waals surface area contributed by atoms with Crippen molar-refractivity contribution in [2.24, 2.45) is 11.1 Å². The molecule has 0 aliphatic carbocycles. The Bertz CT molecular complexity index is 664. The number of hydrogen-bond donors (Lipinski definition) is 3. The van der Waals surface area contributed by atoms with E-state index in [2.05, 4.69) is 10.6 Å². The van der Waals surface area contributed by atoms with Crippen molar-refractivity contribution in [1.82, 2.24) is 10.6 Å². The molecule has 4 amide bonds. The molecule has 0 spiro atoms. The normalized spacial score (nSPS) is 16.2. The Morgan fingerprint density at radius 1 is 1.08 bits per heavy atom. The van der Waals surface area contributed by atoms with Crippen LogP contribution < -0.4 is 16.4 Å². The van der Waals surface area contributed by atoms with E-state index in [1.807, 2.05) is 0 Å². The predicted octanol–water partition coefficient (Wildman–Crippen LogP) is 0.384. The molecule has 25 heavy (non-hydrogen) atoms. The van der Waals surface area contributed by atoms with Gasteiger partial charge in [0.2, 0.25) is 11.8 Å². The summed E-state index contributed by atoms with van der Waals surface area (Å²) in [6.45, 7) is 2.09. The van der Waals surface area contributed by atoms with Crippen molar-refractivity contribution >= 4 is 23.8 Å². The van der Waals surface area contributed by atoms with Gasteiger partial charge in [-0.1, -0.05) is 31.2 Å². The minimum Gasteiger partial charge on any atom is -0.461 e. The van der Waals surface area contributed by atoms with Crippen LogP contribution in [0.1, 0.15) is 30.9 Å². The minimum atomic E-state index is -1.32. The third kappa shape index (κ3) is 4.21. The number of urea groups is 1. The van der Waals surface area contributed by atoms with E-state index in [0.29, 0.717) is 0 Å². The number of benzene rings is 1. The molecule has 1 aliphatic heterocycles. The number of hydrogen-bond acceptors (Lipinski definition) is 6. The predicted molar refractivity (Wildman–Crippen MR) is 88.0 cm³/mol. The zero-order valence-corrected chi connectivity index (χ0v) is 14.0. The van der Waals surface area contributed by atoms with Crippen LogP contribution in [0.3, 0.4) is 0 Å². The summed E-state index contributed by atoms with van der Waals surface area (Å²) in [5.74, 6) is -1.55. The molecule has 8 nitrogen and oxygen atoms in total. The lowest BCUT2D eigenvalue weighted by molar-refractivity contribution is -0.145. The molecule has 1 saturated heterocycles. The Kier molecular flexibility index (Phi) is 5.87. The molecule has 0 bridgehead atoms. The van der Waals surface area contributed by atoms with E-state index in [1.54, 1.807) is 31.2 Å². The van der Waals surface area contributed by atoms with E-state index in [4.69, 9.17) is 10.5 Å². The van der Waals surface area contributed by atoms with Crippen LogP contribution >= 0.6 is 0 Å². The number of carbonyl (C=O) groups is 4. The molecule has 1 aliphatic rings. The molecule has 1 aromatic carbocycles. The highest BCUT2D eigenvalue weighted by Gasteiger charge is 2.48. The Morgan fingerprint density at radius 3 is 2.16 bits per heavy atom. The Hall–Kier alpha value is -2.74. The maximum absolute atomic E-state index is 12.2. The number of esters is 1. The second-order valence-electron chi connectivity index (χ2n) is 5.87. The number of nitrogens with one attached hydrogen (secondary N) is 2. The molecule has 1 heterocycles. The van der Waals surface area contributed by atoms with E-state index in [9.17, 15) is 19.2 Å². The molecule has 0 atom stereocenters. The van der Waals surface area contributed by atoms with E-state index in [1.165, 1.54) is 0 Å². The Balaban J connectivity index is 2.06. The third-order valence-corrected chi connectivity index (χ3v) is 4.20. The fraction of sp³-hybridized carbons (Fsp3) is 0.412. The molecule has 0 radical (unpaired) electrons. The van der Waals surface area contributed by atoms with Crippen LogP contribution in [0.4, 0.5) is 4.79 Å². The summed E-state index contributed by atoms with van der Waals surface area (Å²) in [7, 11) is 0. The van der Waals surface area contributed by atoms with Crippen LogP contribution in [0, 0.1) is 5.41 Å². The van der Waals surface area contributed by atoms with Crippen LogP contribution in [-0.2, 0) is 32.1 Å². The first kappa shape index (κ1) is 18.6. The number of amides is 4. The van der Waals surface area contributed by atoms with E-state index >= 15 is 0 Å². The van der Waals surface area contributed by atoms with Gasteiger partial charge in [0, 0.05) is 6.54 Å². The second-order valence-corrected chi connectivity index (χ2v) is 5.87. The maximum Gasteiger partial charge on any atom is 0.328 e. The summed E-state index contributed by atoms with van der Waals surface area (Å²) in [5, 5.41) is 4.30. The number of nitrogens with two attached hydrogens (primary N) is 1. The van der Waals surface area contributed by atoms with Crippen molar-refractivity contribution in [2.45, 2.75) is 32.8 Å². The van der Waals surface area contributed by atoms with Crippen molar-refractivity contribution in [1.29, 1.82) is 0 Å². The van der Waals surface area contributed by atoms with Gasteiger partial charge < -0.3 is 10.5 Å². The van der Waals surface area contributed by atoms with Gasteiger partial charge in [-0.25, -0.2) is 4.79 Å². The summed E-state index contributed by atoms with van der Waals surface area (Å²) in [6, 6.07) is 6.26. The van der Waals surface area contributed by atoms with Gasteiger partial charge in [0.25, 0.3) is 0 Å². The van der Waals surface area contributed by atoms with Gasteiger partial charge >= 0.3 is 12.0 Å². The van der Waals surface area contributed by atoms with Crippen molar-refractivity contribution in [3.8, 4) is 0 Å². The van der Waals surface area contributed by atoms with Crippen LogP contribution in [-0.4, -0.2) is 30.4 Å². The molecule has 4 N–H and O–H groups in total. The van der Waals surface area contributed by atoms with Crippen molar-refractivity contribution in [3.05, 3.63) is 35.4 Å². The topological polar surface area (TPSA) is 128 Å². The van der Waals surface area contributed by atoms with Gasteiger partial charge in [0.05, 0.1) is 6.42 Å². The average Bonchev–Trinajstić information content (AvgIpc) is 2.58. The van der Waals surface area contributed by atoms with Crippen LogP contribution in [0.15, 0.2) is 24.3 Å². The third-order valence-electron chi connectivity index (χ3n) is 4.20. The van der Waals surface area contributed by atoms with Gasteiger partial charge in [-0.3, -0.25) is 25.0 Å². The summed E-state index contributed by atoms with van der Waals surface area (Å²) in [5.41, 5.74) is 5.51. The number of barbiturate groups is 1. The smallest absolute Gasteiger partial charge is 0.328 e. The fourth-order valence-corrected chi connectivity index (χ4v) is 2.64. The molecule has 1 fully saturated rings. The first-order valence-corrected chi connectivity index (χ1v) is 8.01. The molecule has 0 aromatic heterocycles. The fourth-order valence-electron chi connectivity index (χ4n) is 2.64. The van der Waals surface area contributed by atoms with Gasteiger partial charge in [0.15, 0.2) is 0 Å². The number of rotatable bonds is 7. The van der Waals surface area contributed by atoms with Crippen LogP contribution in [0.25, 0.3) is 0 Å². The molecule has 0 saturated carbocycles. The quantitative estimate of drug-likeness (QED) is 0.483. The summed E-state index contributed by atoms with van der Waals surface area (Å²) in [6.07, 6.45) is 0.595. The van der Waals surface area contributed by atoms with E-state index in [0.717, 1.165) is 11.1 Å². The lowest BCUT2D eigenvalue weighted by atomic mass is 9.76. The van der Waals surface area contributed by atoms with Crippen molar-refractivity contribution < 1.29 is 23.9 Å². The van der Waals surface area contributed by atoms with Gasteiger partial charge in [-0.2, -0.15) is 0 Å². The standard InChI is InChI=1S/C17H21N3O5/c1-2-17(14(22)19-16(24)20-15(17)23)9-11-3-5-12(6-4-11)10-25-13(21)7-8-18/h3-6H,2,7-10,18H2,1H3,(H2,19,20,22,23,24). The SMILES string of the molecule is CCC1(Cc2ccc(COC(=O)CCN)cc2)C(=O)NC(=O)NC1=O. The molecular formula is C17H21N3O5. The van der Waals surface area contributed by atoms with Gasteiger partial charge in [0.1, 0.15) is 12.0 Å². The maximum atomic E-state index is 12.2. The molecule has 134 valence electrons. The van der Waals surface area contributed by atoms with Crippen LogP contribution in [0.2, 0.25) is 0 Å². The Labute approximate surface area is 145 Å². The molecule has 2 rings (SSSR count). The lowest BCUT2D eigenvalue weighted by Crippen LogP contribution is -2.63. The largest absolute Gasteiger partial charge is 0.461 e. The lowest BCUT2D eigenvalue weighted by Gasteiger charge is -2.33. The molecule has 1 aromatic rings. The highest BCUT2D eigenvalue weighted by atomic mass is 16.5. The molecule has 8 heteroatoms. The van der Waals surface area contributed by atoms with Crippen LogP contribution in [0.5, 0.6) is 0 Å².